The number of nitrogens with zero attached hydrogens (tertiary/aromatic N) is 1. The van der Waals surface area contributed by atoms with Gasteiger partial charge in [0.2, 0.25) is 0 Å². The summed E-state index contributed by atoms with van der Waals surface area (Å²) >= 11 is 6.20. The fraction of sp³-hybridized carbons (Fsp3) is 0.346. The van der Waals surface area contributed by atoms with Crippen molar-refractivity contribution in [2.24, 2.45) is 0 Å². The van der Waals surface area contributed by atoms with Crippen molar-refractivity contribution < 1.29 is 19.7 Å². The molecule has 0 heterocycles. The molecule has 0 saturated carbocycles. The Kier molecular flexibility index (Phi) is 9.35. The molecule has 0 fully saturated rings. The van der Waals surface area contributed by atoms with Crippen LogP contribution >= 0.6 is 11.6 Å². The Labute approximate surface area is 194 Å². The van der Waals surface area contributed by atoms with Gasteiger partial charge in [-0.05, 0) is 65.4 Å². The molecule has 0 radical (unpaired) electrons. The minimum Gasteiger partial charge on any atom is -0.494 e. The summed E-state index contributed by atoms with van der Waals surface area (Å²) in [6.45, 7) is 2.14. The van der Waals surface area contributed by atoms with E-state index in [-0.39, 0.29) is 13.0 Å². The van der Waals surface area contributed by atoms with Crippen LogP contribution in [0.15, 0.2) is 60.7 Å². The van der Waals surface area contributed by atoms with Crippen molar-refractivity contribution in [3.8, 4) is 5.75 Å². The molecule has 0 aliphatic rings. The minimum absolute atomic E-state index is 0.00624. The second-order valence-corrected chi connectivity index (χ2v) is 8.29. The SMILES string of the molecule is O=C(O)CCN(CCO)Cc1ccc2cc(OCCCCc3ccccc3Cl)ccc2c1. The summed E-state index contributed by atoms with van der Waals surface area (Å²) in [4.78, 5) is 12.8. The van der Waals surface area contributed by atoms with Crippen LogP contribution in [-0.2, 0) is 17.8 Å². The van der Waals surface area contributed by atoms with Crippen molar-refractivity contribution in [2.45, 2.75) is 32.2 Å². The number of carboxylic acids is 1. The average Bonchev–Trinajstić information content (AvgIpc) is 2.78. The number of ether oxygens (including phenoxy) is 1. The summed E-state index contributed by atoms with van der Waals surface area (Å²) in [6, 6.07) is 20.2. The molecule has 0 unspecified atom stereocenters. The first-order valence-corrected chi connectivity index (χ1v) is 11.4. The maximum Gasteiger partial charge on any atom is 0.304 e. The molecule has 0 spiro atoms. The number of hydrogen-bond acceptors (Lipinski definition) is 4. The van der Waals surface area contributed by atoms with Gasteiger partial charge in [0.15, 0.2) is 0 Å². The second kappa shape index (κ2) is 12.4. The Morgan fingerprint density at radius 3 is 2.53 bits per heavy atom. The highest BCUT2D eigenvalue weighted by atomic mass is 35.5. The maximum absolute atomic E-state index is 10.9. The third-order valence-electron chi connectivity index (χ3n) is 5.41. The van der Waals surface area contributed by atoms with E-state index in [0.717, 1.165) is 46.4 Å². The third-order valence-corrected chi connectivity index (χ3v) is 5.78. The molecular weight excluding hydrogens is 426 g/mol. The van der Waals surface area contributed by atoms with Crippen LogP contribution in [0.4, 0.5) is 0 Å². The first kappa shape index (κ1) is 24.1. The van der Waals surface area contributed by atoms with E-state index in [9.17, 15) is 9.90 Å². The molecular formula is C26H30ClNO4. The Bertz CT molecular complexity index is 1020. The molecule has 0 atom stereocenters. The number of halogens is 1. The van der Waals surface area contributed by atoms with Gasteiger partial charge in [0.05, 0.1) is 19.6 Å². The molecule has 6 heteroatoms. The molecule has 32 heavy (non-hydrogen) atoms. The van der Waals surface area contributed by atoms with Crippen LogP contribution in [0.25, 0.3) is 10.8 Å². The normalized spacial score (nSPS) is 11.2. The zero-order valence-corrected chi connectivity index (χ0v) is 18.9. The number of rotatable bonds is 13. The lowest BCUT2D eigenvalue weighted by molar-refractivity contribution is -0.137. The zero-order chi connectivity index (χ0) is 22.8. The smallest absolute Gasteiger partial charge is 0.304 e. The molecule has 0 bridgehead atoms. The van der Waals surface area contributed by atoms with Crippen molar-refractivity contribution in [1.82, 2.24) is 4.90 Å². The van der Waals surface area contributed by atoms with Crippen molar-refractivity contribution in [1.29, 1.82) is 0 Å². The maximum atomic E-state index is 10.9. The first-order valence-electron chi connectivity index (χ1n) is 11.0. The monoisotopic (exact) mass is 455 g/mol. The van der Waals surface area contributed by atoms with Gasteiger partial charge in [0.25, 0.3) is 0 Å². The fourth-order valence-electron chi connectivity index (χ4n) is 3.69. The fourth-order valence-corrected chi connectivity index (χ4v) is 3.92. The van der Waals surface area contributed by atoms with Gasteiger partial charge in [0.1, 0.15) is 5.75 Å². The molecule has 0 aromatic heterocycles. The topological polar surface area (TPSA) is 70.0 Å². The summed E-state index contributed by atoms with van der Waals surface area (Å²) in [5, 5.41) is 21.2. The Hall–Kier alpha value is -2.60. The summed E-state index contributed by atoms with van der Waals surface area (Å²) in [7, 11) is 0. The molecule has 0 aliphatic heterocycles. The molecule has 3 rings (SSSR count). The van der Waals surface area contributed by atoms with Crippen LogP contribution in [0.3, 0.4) is 0 Å². The molecule has 3 aromatic carbocycles. The van der Waals surface area contributed by atoms with Crippen LogP contribution < -0.4 is 4.74 Å². The number of aryl methyl sites for hydroxylation is 1. The van der Waals surface area contributed by atoms with Gasteiger partial charge in [-0.15, -0.1) is 0 Å². The number of benzene rings is 3. The van der Waals surface area contributed by atoms with E-state index in [2.05, 4.69) is 18.2 Å². The van der Waals surface area contributed by atoms with Gasteiger partial charge in [-0.1, -0.05) is 48.0 Å². The molecule has 0 amide bonds. The van der Waals surface area contributed by atoms with E-state index < -0.39 is 5.97 Å². The minimum atomic E-state index is -0.831. The van der Waals surface area contributed by atoms with Crippen LogP contribution in [0, 0.1) is 0 Å². The van der Waals surface area contributed by atoms with Crippen molar-refractivity contribution in [3.63, 3.8) is 0 Å². The quantitative estimate of drug-likeness (QED) is 0.348. The number of carbonyl (C=O) groups is 1. The number of fused-ring (bicyclic) bond motifs is 1. The number of hydrogen-bond donors (Lipinski definition) is 2. The lowest BCUT2D eigenvalue weighted by Crippen LogP contribution is -2.28. The van der Waals surface area contributed by atoms with E-state index in [1.54, 1.807) is 0 Å². The predicted octanol–water partition coefficient (Wildman–Crippen LogP) is 5.16. The predicted molar refractivity (Wildman–Crippen MR) is 128 cm³/mol. The van der Waals surface area contributed by atoms with E-state index in [0.29, 0.717) is 26.2 Å². The van der Waals surface area contributed by atoms with Gasteiger partial charge in [-0.3, -0.25) is 9.69 Å². The van der Waals surface area contributed by atoms with Crippen molar-refractivity contribution in [3.05, 3.63) is 76.8 Å². The zero-order valence-electron chi connectivity index (χ0n) is 18.2. The highest BCUT2D eigenvalue weighted by molar-refractivity contribution is 6.31. The van der Waals surface area contributed by atoms with Crippen molar-refractivity contribution >= 4 is 28.3 Å². The second-order valence-electron chi connectivity index (χ2n) is 7.88. The largest absolute Gasteiger partial charge is 0.494 e. The highest BCUT2D eigenvalue weighted by Crippen LogP contribution is 2.23. The van der Waals surface area contributed by atoms with Crippen LogP contribution in [0.5, 0.6) is 5.75 Å². The highest BCUT2D eigenvalue weighted by Gasteiger charge is 2.09. The van der Waals surface area contributed by atoms with Gasteiger partial charge in [0, 0.05) is 24.7 Å². The molecule has 0 aliphatic carbocycles. The lowest BCUT2D eigenvalue weighted by atomic mass is 10.1. The van der Waals surface area contributed by atoms with Crippen LogP contribution in [0.2, 0.25) is 5.02 Å². The summed E-state index contributed by atoms with van der Waals surface area (Å²) in [5.74, 6) is 0.0224. The van der Waals surface area contributed by atoms with E-state index in [1.165, 1.54) is 5.56 Å². The summed E-state index contributed by atoms with van der Waals surface area (Å²) in [6.07, 6.45) is 2.99. The molecule has 2 N–H and O–H groups in total. The Balaban J connectivity index is 1.51. The lowest BCUT2D eigenvalue weighted by Gasteiger charge is -2.20. The molecule has 0 saturated heterocycles. The number of aliphatic hydroxyl groups excluding tert-OH is 1. The number of aliphatic hydroxyl groups is 1. The van der Waals surface area contributed by atoms with Crippen LogP contribution in [-0.4, -0.2) is 47.4 Å². The molecule has 3 aromatic rings. The molecule has 170 valence electrons. The summed E-state index contributed by atoms with van der Waals surface area (Å²) in [5.41, 5.74) is 2.26. The Morgan fingerprint density at radius 2 is 1.75 bits per heavy atom. The number of carboxylic acid groups (broad SMARTS) is 1. The first-order chi connectivity index (χ1) is 15.5. The van der Waals surface area contributed by atoms with E-state index in [1.807, 2.05) is 47.4 Å². The van der Waals surface area contributed by atoms with Gasteiger partial charge in [-0.2, -0.15) is 0 Å². The number of aliphatic carboxylic acids is 1. The van der Waals surface area contributed by atoms with E-state index >= 15 is 0 Å². The Morgan fingerprint density at radius 1 is 0.969 bits per heavy atom. The number of unbranched alkanes of at least 4 members (excludes halogenated alkanes) is 1. The standard InChI is InChI=1S/C26H30ClNO4/c27-25-7-2-1-5-21(25)6-3-4-16-32-24-11-10-22-17-20(8-9-23(22)18-24)19-28(14-15-29)13-12-26(30)31/h1-2,5,7-11,17-18,29H,3-4,6,12-16,19H2,(H,30,31). The van der Waals surface area contributed by atoms with Gasteiger partial charge in [-0.25, -0.2) is 0 Å². The van der Waals surface area contributed by atoms with Gasteiger partial charge < -0.3 is 14.9 Å². The third kappa shape index (κ3) is 7.52. The average molecular weight is 456 g/mol. The molecule has 5 nitrogen and oxygen atoms in total. The van der Waals surface area contributed by atoms with Crippen molar-refractivity contribution in [2.75, 3.05) is 26.3 Å². The van der Waals surface area contributed by atoms with E-state index in [4.69, 9.17) is 21.4 Å². The van der Waals surface area contributed by atoms with Crippen LogP contribution in [0.1, 0.15) is 30.4 Å². The van der Waals surface area contributed by atoms with Gasteiger partial charge >= 0.3 is 5.97 Å². The summed E-state index contributed by atoms with van der Waals surface area (Å²) < 4.78 is 5.94.